The van der Waals surface area contributed by atoms with Gasteiger partial charge in [0.05, 0.1) is 7.57 Å². The van der Waals surface area contributed by atoms with Gasteiger partial charge in [0.2, 0.25) is 0 Å². The van der Waals surface area contributed by atoms with E-state index in [9.17, 15) is 0 Å². The van der Waals surface area contributed by atoms with Gasteiger partial charge in [-0.15, -0.1) is 90.7 Å². The van der Waals surface area contributed by atoms with Gasteiger partial charge in [0.15, 0.2) is 16.1 Å². The Morgan fingerprint density at radius 1 is 0.345 bits per heavy atom. The third-order valence-electron chi connectivity index (χ3n) is 11.1. The molecule has 8 aromatic heterocycles. The molecule has 0 aromatic carbocycles. The fourth-order valence-corrected chi connectivity index (χ4v) is 32.1. The van der Waals surface area contributed by atoms with Gasteiger partial charge in [-0.2, -0.15) is 0 Å². The molecule has 0 nitrogen and oxygen atoms in total. The summed E-state index contributed by atoms with van der Waals surface area (Å²) in [5.41, 5.74) is 0. The van der Waals surface area contributed by atoms with Gasteiger partial charge < -0.3 is 0 Å². The predicted molar refractivity (Wildman–Crippen MR) is 284 cm³/mol. The minimum atomic E-state index is -2.32. The third-order valence-corrected chi connectivity index (χ3v) is 36.6. The Balaban J connectivity index is 1.13. The van der Waals surface area contributed by atoms with Crippen LogP contribution in [0, 0.1) is 0 Å². The Hall–Kier alpha value is -1.01. The van der Waals surface area contributed by atoms with Crippen LogP contribution in [0.2, 0.25) is 13.1 Å². The molecule has 0 fully saturated rings. The zero-order valence-corrected chi connectivity index (χ0v) is 45.0. The lowest BCUT2D eigenvalue weighted by atomic mass is 10.1. The zero-order chi connectivity index (χ0) is 40.3. The minimum absolute atomic E-state index is 1.20. The first kappa shape index (κ1) is 43.6. The van der Waals surface area contributed by atoms with E-state index in [0.717, 1.165) is 0 Å². The van der Waals surface area contributed by atoms with Crippen molar-refractivity contribution < 1.29 is 0 Å². The molecule has 302 valence electrons. The topological polar surface area (TPSA) is 0 Å². The molecule has 12 heteroatoms. The number of thiophene rings is 8. The first-order valence-electron chi connectivity index (χ1n) is 20.3. The van der Waals surface area contributed by atoms with Gasteiger partial charge in [0.1, 0.15) is 0 Å². The van der Waals surface area contributed by atoms with Crippen molar-refractivity contribution in [3.63, 3.8) is 0 Å². The van der Waals surface area contributed by atoms with Crippen molar-refractivity contribution in [2.75, 3.05) is 0 Å². The quantitative estimate of drug-likeness (QED) is 0.0559. The molecule has 8 rings (SSSR count). The monoisotopic (exact) mass is 1070 g/mol. The standard InChI is InChI=1S/C46H48Br2S8Si2/c1-5-7-9-11-13-31-15-17-33(49-31)35-19-25-41(51-35)57(3,42-26-20-36(52-42)34-18-16-32(50-34)14-12-10-8-6-2)43-27-21-37(53-43)38-22-28-44(54-38)58(4,45-29-23-39(47)55-45)46-30-24-40(48)56-46/h15-30H,5-14H2,1-4H3. The number of aryl methyl sites for hydroxylation is 2. The van der Waals surface area contributed by atoms with Crippen LogP contribution < -0.4 is 27.0 Å². The van der Waals surface area contributed by atoms with Crippen LogP contribution in [0.5, 0.6) is 0 Å². The van der Waals surface area contributed by atoms with E-state index in [1.807, 2.05) is 68.0 Å². The van der Waals surface area contributed by atoms with Gasteiger partial charge in [-0.1, -0.05) is 102 Å². The fourth-order valence-electron chi connectivity index (χ4n) is 7.59. The van der Waals surface area contributed by atoms with E-state index in [0.29, 0.717) is 0 Å². The highest BCUT2D eigenvalue weighted by Gasteiger charge is 2.41. The largest absolute Gasteiger partial charge is 0.181 e. The third kappa shape index (κ3) is 9.34. The molecule has 0 radical (unpaired) electrons. The second-order valence-electron chi connectivity index (χ2n) is 15.3. The van der Waals surface area contributed by atoms with Crippen molar-refractivity contribution in [2.24, 2.45) is 0 Å². The molecule has 0 N–H and O–H groups in total. The molecule has 0 saturated heterocycles. The van der Waals surface area contributed by atoms with Gasteiger partial charge in [-0.05, 0) is 118 Å². The molecule has 0 aliphatic heterocycles. The maximum Gasteiger partial charge on any atom is 0.181 e. The molecule has 0 atom stereocenters. The number of halogens is 2. The SMILES string of the molecule is CCCCCCc1ccc(-c2ccc([Si](C)(c3ccc(-c4ccc(CCCCCC)s4)s3)c3ccc(-c4ccc([Si](C)(c5ccc(Br)s5)c5ccc(Br)s5)s4)s3)s2)s1. The van der Waals surface area contributed by atoms with Crippen LogP contribution in [0.15, 0.2) is 105 Å². The molecular formula is C46H48Br2S8Si2. The maximum absolute atomic E-state index is 3.78. The molecule has 0 bridgehead atoms. The van der Waals surface area contributed by atoms with Gasteiger partial charge in [-0.3, -0.25) is 0 Å². The molecule has 0 amide bonds. The van der Waals surface area contributed by atoms with E-state index in [1.165, 1.54) is 124 Å². The van der Waals surface area contributed by atoms with Crippen LogP contribution in [0.3, 0.4) is 0 Å². The van der Waals surface area contributed by atoms with E-state index in [1.54, 1.807) is 13.5 Å². The smallest absolute Gasteiger partial charge is 0.143 e. The summed E-state index contributed by atoms with van der Waals surface area (Å²) in [6.45, 7) is 9.76. The predicted octanol–water partition coefficient (Wildman–Crippen LogP) is 15.2. The van der Waals surface area contributed by atoms with Gasteiger partial charge >= 0.3 is 0 Å². The fraction of sp³-hybridized carbons (Fsp3) is 0.304. The van der Waals surface area contributed by atoms with Gasteiger partial charge in [0, 0.05) is 66.0 Å². The first-order valence-corrected chi connectivity index (χ1v) is 33.4. The maximum atomic E-state index is 3.78. The van der Waals surface area contributed by atoms with Gasteiger partial charge in [-0.25, -0.2) is 0 Å². The van der Waals surface area contributed by atoms with Crippen LogP contribution in [-0.4, -0.2) is 16.1 Å². The molecular weight excluding hydrogens is 1030 g/mol. The average Bonchev–Trinajstić information content (AvgIpc) is 4.07. The summed E-state index contributed by atoms with van der Waals surface area (Å²) in [7, 11) is -4.47. The molecule has 0 saturated carbocycles. The highest BCUT2D eigenvalue weighted by Crippen LogP contribution is 2.37. The van der Waals surface area contributed by atoms with Crippen molar-refractivity contribution in [1.29, 1.82) is 0 Å². The highest BCUT2D eigenvalue weighted by atomic mass is 79.9. The molecule has 0 spiro atoms. The molecule has 0 unspecified atom stereocenters. The molecule has 8 heterocycles. The summed E-state index contributed by atoms with van der Waals surface area (Å²) in [4.78, 5) is 11.5. The lowest BCUT2D eigenvalue weighted by Crippen LogP contribution is -2.61. The van der Waals surface area contributed by atoms with Crippen LogP contribution >= 0.6 is 123 Å². The van der Waals surface area contributed by atoms with Crippen LogP contribution in [0.4, 0.5) is 0 Å². The van der Waals surface area contributed by atoms with Crippen molar-refractivity contribution in [1.82, 2.24) is 0 Å². The summed E-state index contributed by atoms with van der Waals surface area (Å²) in [5, 5.41) is 0. The lowest BCUT2D eigenvalue weighted by Gasteiger charge is -2.24. The summed E-state index contributed by atoms with van der Waals surface area (Å²) in [6, 6.07) is 38.3. The molecule has 8 aromatic rings. The van der Waals surface area contributed by atoms with Crippen LogP contribution in [0.1, 0.15) is 75.0 Å². The molecule has 0 aliphatic carbocycles. The summed E-state index contributed by atoms with van der Waals surface area (Å²) in [5.74, 6) is 0. The van der Waals surface area contributed by atoms with Gasteiger partial charge in [0.25, 0.3) is 0 Å². The van der Waals surface area contributed by atoms with Crippen molar-refractivity contribution in [3.8, 4) is 29.3 Å². The van der Waals surface area contributed by atoms with E-state index in [2.05, 4.69) is 179 Å². The zero-order valence-electron chi connectivity index (χ0n) is 33.3. The lowest BCUT2D eigenvalue weighted by molar-refractivity contribution is 0.670. The second kappa shape index (κ2) is 19.6. The van der Waals surface area contributed by atoms with E-state index in [4.69, 9.17) is 0 Å². The molecule has 0 aliphatic rings. The summed E-state index contributed by atoms with van der Waals surface area (Å²) < 4.78 is 11.6. The Bertz CT molecular complexity index is 2420. The number of rotatable bonds is 19. The normalized spacial score (nSPS) is 12.3. The Morgan fingerprint density at radius 2 is 0.638 bits per heavy atom. The molecule has 58 heavy (non-hydrogen) atoms. The first-order chi connectivity index (χ1) is 28.2. The summed E-state index contributed by atoms with van der Waals surface area (Å²) in [6.07, 6.45) is 12.9. The van der Waals surface area contributed by atoms with E-state index >= 15 is 0 Å². The van der Waals surface area contributed by atoms with Crippen molar-refractivity contribution in [2.45, 2.75) is 91.1 Å². The van der Waals surface area contributed by atoms with E-state index < -0.39 is 16.1 Å². The van der Waals surface area contributed by atoms with Crippen LogP contribution in [-0.2, 0) is 12.8 Å². The Labute approximate surface area is 396 Å². The minimum Gasteiger partial charge on any atom is -0.143 e. The van der Waals surface area contributed by atoms with Crippen molar-refractivity contribution >= 4 is 166 Å². The second-order valence-corrected chi connectivity index (χ2v) is 36.8. The average molecular weight is 1070 g/mol. The highest BCUT2D eigenvalue weighted by molar-refractivity contribution is 9.11. The Kier molecular flexibility index (Phi) is 14.7. The number of hydrogen-bond acceptors (Lipinski definition) is 8. The number of hydrogen-bond donors (Lipinski definition) is 0. The van der Waals surface area contributed by atoms with Crippen LogP contribution in [0.25, 0.3) is 29.3 Å². The van der Waals surface area contributed by atoms with Crippen molar-refractivity contribution in [3.05, 3.63) is 114 Å². The number of unbranched alkanes of at least 4 members (excludes halogenated alkanes) is 6. The summed E-state index contributed by atoms with van der Waals surface area (Å²) >= 11 is 23.6. The Morgan fingerprint density at radius 3 is 0.948 bits per heavy atom. The van der Waals surface area contributed by atoms with E-state index in [-0.39, 0.29) is 0 Å².